The first-order valence-corrected chi connectivity index (χ1v) is 6.70. The van der Waals surface area contributed by atoms with Gasteiger partial charge < -0.3 is 10.1 Å². The van der Waals surface area contributed by atoms with Crippen LogP contribution in [0.25, 0.3) is 0 Å². The summed E-state index contributed by atoms with van der Waals surface area (Å²) in [6, 6.07) is 6.18. The highest BCUT2D eigenvalue weighted by atomic mass is 16.5. The summed E-state index contributed by atoms with van der Waals surface area (Å²) in [5.41, 5.74) is 1.38. The van der Waals surface area contributed by atoms with E-state index in [9.17, 15) is 14.4 Å². The Hall–Kier alpha value is -2.37. The molecule has 114 valence electrons. The Bertz CT molecular complexity index is 509. The van der Waals surface area contributed by atoms with Gasteiger partial charge in [0.2, 0.25) is 0 Å². The van der Waals surface area contributed by atoms with Gasteiger partial charge in [-0.2, -0.15) is 0 Å². The van der Waals surface area contributed by atoms with Crippen LogP contribution < -0.4 is 10.6 Å². The fourth-order valence-corrected chi connectivity index (χ4v) is 1.41. The second-order valence-electron chi connectivity index (χ2n) is 5.09. The highest BCUT2D eigenvalue weighted by molar-refractivity contribution is 5.97. The van der Waals surface area contributed by atoms with Crippen molar-refractivity contribution in [2.75, 3.05) is 13.2 Å². The monoisotopic (exact) mass is 292 g/mol. The van der Waals surface area contributed by atoms with E-state index in [-0.39, 0.29) is 5.92 Å². The highest BCUT2D eigenvalue weighted by Crippen LogP contribution is 2.04. The lowest BCUT2D eigenvalue weighted by atomic mass is 10.1. The molecule has 6 heteroatoms. The molecule has 6 nitrogen and oxygen atoms in total. The molecule has 1 rings (SSSR count). The molecule has 1 aromatic carbocycles. The number of carbonyl (C=O) groups excluding carboxylic acids is 3. The summed E-state index contributed by atoms with van der Waals surface area (Å²) in [6.07, 6.45) is 0. The second-order valence-corrected chi connectivity index (χ2v) is 5.09. The second kappa shape index (κ2) is 8.04. The number of rotatable bonds is 5. The number of esters is 1. The zero-order chi connectivity index (χ0) is 15.8. The van der Waals surface area contributed by atoms with Gasteiger partial charge in [-0.05, 0) is 25.0 Å². The molecule has 0 aliphatic rings. The van der Waals surface area contributed by atoms with E-state index in [1.54, 1.807) is 24.3 Å². The van der Waals surface area contributed by atoms with E-state index in [0.29, 0.717) is 12.1 Å². The van der Waals surface area contributed by atoms with Gasteiger partial charge in [0.1, 0.15) is 0 Å². The van der Waals surface area contributed by atoms with E-state index < -0.39 is 24.5 Å². The van der Waals surface area contributed by atoms with Crippen LogP contribution in [0.1, 0.15) is 29.8 Å². The molecular weight excluding hydrogens is 272 g/mol. The van der Waals surface area contributed by atoms with Crippen molar-refractivity contribution < 1.29 is 19.1 Å². The van der Waals surface area contributed by atoms with Crippen LogP contribution in [0.15, 0.2) is 24.3 Å². The average Bonchev–Trinajstić information content (AvgIpc) is 2.43. The molecule has 0 radical (unpaired) electrons. The maximum Gasteiger partial charge on any atom is 0.338 e. The number of hydrogen-bond donors (Lipinski definition) is 2. The molecule has 0 fully saturated rings. The number of hydrogen-bond acceptors (Lipinski definition) is 4. The van der Waals surface area contributed by atoms with Gasteiger partial charge >= 0.3 is 12.0 Å². The van der Waals surface area contributed by atoms with E-state index in [1.165, 1.54) is 0 Å². The van der Waals surface area contributed by atoms with Gasteiger partial charge in [0.15, 0.2) is 6.61 Å². The van der Waals surface area contributed by atoms with E-state index in [1.807, 2.05) is 20.8 Å². The summed E-state index contributed by atoms with van der Waals surface area (Å²) in [5, 5.41) is 4.61. The number of ether oxygens (including phenoxy) is 1. The van der Waals surface area contributed by atoms with E-state index in [2.05, 4.69) is 10.6 Å². The SMILES string of the molecule is Cc1ccc(C(=O)OCC(=O)NC(=O)NCC(C)C)cc1. The Morgan fingerprint density at radius 2 is 1.76 bits per heavy atom. The minimum Gasteiger partial charge on any atom is -0.452 e. The summed E-state index contributed by atoms with van der Waals surface area (Å²) in [5.74, 6) is -0.991. The smallest absolute Gasteiger partial charge is 0.338 e. The highest BCUT2D eigenvalue weighted by Gasteiger charge is 2.12. The van der Waals surface area contributed by atoms with Gasteiger partial charge in [0.25, 0.3) is 5.91 Å². The van der Waals surface area contributed by atoms with Crippen LogP contribution in [-0.2, 0) is 9.53 Å². The van der Waals surface area contributed by atoms with Crippen molar-refractivity contribution in [1.82, 2.24) is 10.6 Å². The van der Waals surface area contributed by atoms with Gasteiger partial charge in [0, 0.05) is 6.54 Å². The molecule has 0 atom stereocenters. The molecule has 0 heterocycles. The van der Waals surface area contributed by atoms with Crippen LogP contribution in [0.4, 0.5) is 4.79 Å². The lowest BCUT2D eigenvalue weighted by Gasteiger charge is -2.09. The van der Waals surface area contributed by atoms with E-state index >= 15 is 0 Å². The fourth-order valence-electron chi connectivity index (χ4n) is 1.41. The molecule has 21 heavy (non-hydrogen) atoms. The van der Waals surface area contributed by atoms with Gasteiger partial charge in [-0.25, -0.2) is 9.59 Å². The van der Waals surface area contributed by atoms with Crippen molar-refractivity contribution in [3.8, 4) is 0 Å². The lowest BCUT2D eigenvalue weighted by Crippen LogP contribution is -2.42. The minimum atomic E-state index is -0.670. The molecule has 0 aromatic heterocycles. The fraction of sp³-hybridized carbons (Fsp3) is 0.400. The quantitative estimate of drug-likeness (QED) is 0.808. The molecule has 0 aliphatic heterocycles. The first-order chi connectivity index (χ1) is 9.88. The van der Waals surface area contributed by atoms with Gasteiger partial charge in [0.05, 0.1) is 5.56 Å². The van der Waals surface area contributed by atoms with Crippen LogP contribution in [0.2, 0.25) is 0 Å². The Morgan fingerprint density at radius 1 is 1.14 bits per heavy atom. The van der Waals surface area contributed by atoms with Crippen molar-refractivity contribution in [1.29, 1.82) is 0 Å². The number of imide groups is 1. The summed E-state index contributed by atoms with van der Waals surface area (Å²) in [6.45, 7) is 5.74. The molecule has 0 saturated carbocycles. The molecule has 0 saturated heterocycles. The number of carbonyl (C=O) groups is 3. The van der Waals surface area contributed by atoms with Crippen LogP contribution in [0, 0.1) is 12.8 Å². The Balaban J connectivity index is 2.34. The predicted molar refractivity (Wildman–Crippen MR) is 77.8 cm³/mol. The van der Waals surface area contributed by atoms with Crippen LogP contribution in [0.5, 0.6) is 0 Å². The van der Waals surface area contributed by atoms with Crippen molar-refractivity contribution in [3.63, 3.8) is 0 Å². The summed E-state index contributed by atoms with van der Waals surface area (Å²) >= 11 is 0. The first-order valence-electron chi connectivity index (χ1n) is 6.70. The molecule has 0 aliphatic carbocycles. The van der Waals surface area contributed by atoms with E-state index in [0.717, 1.165) is 5.56 Å². The van der Waals surface area contributed by atoms with Crippen LogP contribution in [0.3, 0.4) is 0 Å². The van der Waals surface area contributed by atoms with Crippen molar-refractivity contribution >= 4 is 17.9 Å². The Morgan fingerprint density at radius 3 is 2.33 bits per heavy atom. The summed E-state index contributed by atoms with van der Waals surface area (Å²) in [7, 11) is 0. The third-order valence-electron chi connectivity index (χ3n) is 2.55. The van der Waals surface area contributed by atoms with E-state index in [4.69, 9.17) is 4.74 Å². The minimum absolute atomic E-state index is 0.283. The van der Waals surface area contributed by atoms with Crippen molar-refractivity contribution in [2.24, 2.45) is 5.92 Å². The number of amides is 3. The summed E-state index contributed by atoms with van der Waals surface area (Å²) in [4.78, 5) is 34.4. The number of benzene rings is 1. The third-order valence-corrected chi connectivity index (χ3v) is 2.55. The molecular formula is C15H20N2O4. The van der Waals surface area contributed by atoms with Crippen LogP contribution >= 0.6 is 0 Å². The van der Waals surface area contributed by atoms with Gasteiger partial charge in [-0.1, -0.05) is 31.5 Å². The number of aryl methyl sites for hydroxylation is 1. The maximum atomic E-state index is 11.7. The van der Waals surface area contributed by atoms with Crippen molar-refractivity contribution in [3.05, 3.63) is 35.4 Å². The molecule has 3 amide bonds. The molecule has 0 bridgehead atoms. The van der Waals surface area contributed by atoms with Crippen molar-refractivity contribution in [2.45, 2.75) is 20.8 Å². The maximum absolute atomic E-state index is 11.7. The standard InChI is InChI=1S/C15H20N2O4/c1-10(2)8-16-15(20)17-13(18)9-21-14(19)12-6-4-11(3)5-7-12/h4-7,10H,8-9H2,1-3H3,(H2,16,17,18,20). The average molecular weight is 292 g/mol. The summed E-state index contributed by atoms with van der Waals surface area (Å²) < 4.78 is 4.83. The largest absolute Gasteiger partial charge is 0.452 e. The topological polar surface area (TPSA) is 84.5 Å². The predicted octanol–water partition coefficient (Wildman–Crippen LogP) is 1.63. The normalized spacial score (nSPS) is 10.1. The molecule has 2 N–H and O–H groups in total. The molecule has 1 aromatic rings. The zero-order valence-corrected chi connectivity index (χ0v) is 12.4. The Kier molecular flexibility index (Phi) is 6.39. The molecule has 0 spiro atoms. The Labute approximate surface area is 123 Å². The lowest BCUT2D eigenvalue weighted by molar-refractivity contribution is -0.123. The van der Waals surface area contributed by atoms with Gasteiger partial charge in [-0.3, -0.25) is 10.1 Å². The molecule has 0 unspecified atom stereocenters. The number of urea groups is 1. The zero-order valence-electron chi connectivity index (χ0n) is 12.4. The first kappa shape index (κ1) is 16.7. The third kappa shape index (κ3) is 6.56. The number of nitrogens with one attached hydrogen (secondary N) is 2. The van der Waals surface area contributed by atoms with Crippen LogP contribution in [-0.4, -0.2) is 31.1 Å². The van der Waals surface area contributed by atoms with Gasteiger partial charge in [-0.15, -0.1) is 0 Å².